The lowest BCUT2D eigenvalue weighted by molar-refractivity contribution is -0.137. The van der Waals surface area contributed by atoms with E-state index >= 15 is 0 Å². The summed E-state index contributed by atoms with van der Waals surface area (Å²) in [5.41, 5.74) is 4.85. The Labute approximate surface area is 118 Å². The number of nitrogens with two attached hydrogens (primary N) is 1. The molecule has 0 bridgehead atoms. The molecule has 0 radical (unpaired) electrons. The van der Waals surface area contributed by atoms with Gasteiger partial charge in [0.05, 0.1) is 11.3 Å². The van der Waals surface area contributed by atoms with Crippen LogP contribution in [0.2, 0.25) is 0 Å². The van der Waals surface area contributed by atoms with Gasteiger partial charge < -0.3 is 10.9 Å². The highest BCUT2D eigenvalue weighted by Gasteiger charge is 2.31. The molecule has 0 spiro atoms. The van der Waals surface area contributed by atoms with E-state index < -0.39 is 11.7 Å². The molecule has 0 atom stereocenters. The van der Waals surface area contributed by atoms with Crippen molar-refractivity contribution in [2.75, 3.05) is 0 Å². The van der Waals surface area contributed by atoms with Gasteiger partial charge in [0.1, 0.15) is 6.33 Å². The Balaban J connectivity index is 2.41. The summed E-state index contributed by atoms with van der Waals surface area (Å²) in [5.74, 6) is -0.342. The standard InChI is InChI=1S/C10H7BrF3N5O/c11-6-3-5(10(12,13)14)1-2-7(6)19-4-16-9(17-19)8(15)18-20/h1-4,20H,(H2,15,18). The number of hydrogen-bond donors (Lipinski definition) is 2. The van der Waals surface area contributed by atoms with Crippen LogP contribution in [-0.4, -0.2) is 25.8 Å². The van der Waals surface area contributed by atoms with Crippen LogP contribution >= 0.6 is 15.9 Å². The number of nitrogens with zero attached hydrogens (tertiary/aromatic N) is 4. The van der Waals surface area contributed by atoms with Crippen molar-refractivity contribution in [2.24, 2.45) is 10.9 Å². The Morgan fingerprint density at radius 3 is 2.65 bits per heavy atom. The monoisotopic (exact) mass is 349 g/mol. The third-order valence-corrected chi connectivity index (χ3v) is 2.99. The summed E-state index contributed by atoms with van der Waals surface area (Å²) in [6, 6.07) is 3.09. The molecule has 106 valence electrons. The van der Waals surface area contributed by atoms with Crippen molar-refractivity contribution in [3.05, 3.63) is 40.4 Å². The van der Waals surface area contributed by atoms with Gasteiger partial charge in [0, 0.05) is 4.47 Å². The second-order valence-corrected chi connectivity index (χ2v) is 4.52. The summed E-state index contributed by atoms with van der Waals surface area (Å²) in [4.78, 5) is 3.77. The summed E-state index contributed by atoms with van der Waals surface area (Å²) in [7, 11) is 0. The summed E-state index contributed by atoms with van der Waals surface area (Å²) in [6.45, 7) is 0. The molecular formula is C10H7BrF3N5O. The Morgan fingerprint density at radius 2 is 2.10 bits per heavy atom. The number of rotatable bonds is 2. The summed E-state index contributed by atoms with van der Waals surface area (Å²) in [6.07, 6.45) is -3.19. The van der Waals surface area contributed by atoms with Crippen LogP contribution in [0.25, 0.3) is 5.69 Å². The van der Waals surface area contributed by atoms with Crippen LogP contribution in [0.3, 0.4) is 0 Å². The first-order chi connectivity index (χ1) is 9.32. The van der Waals surface area contributed by atoms with Crippen LogP contribution in [0, 0.1) is 0 Å². The van der Waals surface area contributed by atoms with Crippen LogP contribution in [0.5, 0.6) is 0 Å². The van der Waals surface area contributed by atoms with E-state index in [-0.39, 0.29) is 16.1 Å². The predicted octanol–water partition coefficient (Wildman–Crippen LogP) is 2.14. The molecule has 0 aliphatic heterocycles. The van der Waals surface area contributed by atoms with Crippen molar-refractivity contribution in [2.45, 2.75) is 6.18 Å². The molecule has 0 fully saturated rings. The van der Waals surface area contributed by atoms with Gasteiger partial charge in [-0.25, -0.2) is 9.67 Å². The average molecular weight is 350 g/mol. The van der Waals surface area contributed by atoms with Gasteiger partial charge in [0.15, 0.2) is 0 Å². The van der Waals surface area contributed by atoms with Gasteiger partial charge in [0.2, 0.25) is 11.7 Å². The summed E-state index contributed by atoms with van der Waals surface area (Å²) >= 11 is 3.04. The van der Waals surface area contributed by atoms with Crippen molar-refractivity contribution >= 4 is 21.8 Å². The highest BCUT2D eigenvalue weighted by Crippen LogP contribution is 2.33. The van der Waals surface area contributed by atoms with Gasteiger partial charge in [-0.05, 0) is 34.1 Å². The Kier molecular flexibility index (Phi) is 3.66. The maximum absolute atomic E-state index is 12.5. The number of hydrogen-bond acceptors (Lipinski definition) is 4. The maximum Gasteiger partial charge on any atom is 0.416 e. The lowest BCUT2D eigenvalue weighted by atomic mass is 10.2. The molecule has 0 aliphatic rings. The molecule has 0 amide bonds. The van der Waals surface area contributed by atoms with Crippen molar-refractivity contribution < 1.29 is 18.4 Å². The van der Waals surface area contributed by atoms with Crippen LogP contribution in [0.15, 0.2) is 34.2 Å². The lowest BCUT2D eigenvalue weighted by Crippen LogP contribution is -2.15. The minimum atomic E-state index is -4.43. The first kappa shape index (κ1) is 14.3. The maximum atomic E-state index is 12.5. The molecule has 2 rings (SSSR count). The van der Waals surface area contributed by atoms with Gasteiger partial charge in [-0.2, -0.15) is 13.2 Å². The van der Waals surface area contributed by atoms with E-state index in [1.165, 1.54) is 17.1 Å². The van der Waals surface area contributed by atoms with Crippen molar-refractivity contribution in [3.8, 4) is 5.69 Å². The fraction of sp³-hybridized carbons (Fsp3) is 0.100. The number of halogens is 4. The van der Waals surface area contributed by atoms with Crippen LogP contribution in [-0.2, 0) is 6.18 Å². The number of benzene rings is 1. The SMILES string of the molecule is N/C(=N/O)c1ncn(-c2ccc(C(F)(F)F)cc2Br)n1. The average Bonchev–Trinajstić information content (AvgIpc) is 2.86. The minimum Gasteiger partial charge on any atom is -0.409 e. The van der Waals surface area contributed by atoms with Gasteiger partial charge in [-0.1, -0.05) is 5.16 Å². The molecule has 0 unspecified atom stereocenters. The van der Waals surface area contributed by atoms with E-state index in [2.05, 4.69) is 31.2 Å². The Hall–Kier alpha value is -2.10. The second-order valence-electron chi connectivity index (χ2n) is 3.66. The summed E-state index contributed by atoms with van der Waals surface area (Å²) < 4.78 is 39.0. The lowest BCUT2D eigenvalue weighted by Gasteiger charge is -2.09. The highest BCUT2D eigenvalue weighted by atomic mass is 79.9. The topological polar surface area (TPSA) is 89.3 Å². The number of oxime groups is 1. The van der Waals surface area contributed by atoms with Crippen molar-refractivity contribution in [3.63, 3.8) is 0 Å². The zero-order valence-corrected chi connectivity index (χ0v) is 11.2. The van der Waals surface area contributed by atoms with Gasteiger partial charge in [-0.3, -0.25) is 0 Å². The van der Waals surface area contributed by atoms with Gasteiger partial charge >= 0.3 is 6.18 Å². The molecule has 20 heavy (non-hydrogen) atoms. The molecule has 6 nitrogen and oxygen atoms in total. The fourth-order valence-corrected chi connectivity index (χ4v) is 1.97. The molecule has 2 aromatic rings. The van der Waals surface area contributed by atoms with Crippen LogP contribution in [0.4, 0.5) is 13.2 Å². The third kappa shape index (κ3) is 2.74. The second kappa shape index (κ2) is 5.12. The minimum absolute atomic E-state index is 0.0423. The number of alkyl halides is 3. The molecule has 10 heteroatoms. The first-order valence-corrected chi connectivity index (χ1v) is 5.89. The van der Waals surface area contributed by atoms with Crippen LogP contribution in [0.1, 0.15) is 11.4 Å². The van der Waals surface area contributed by atoms with E-state index in [1.54, 1.807) is 0 Å². The zero-order valence-electron chi connectivity index (χ0n) is 9.63. The molecule has 1 aromatic heterocycles. The number of aromatic nitrogens is 3. The van der Waals surface area contributed by atoms with Crippen molar-refractivity contribution in [1.29, 1.82) is 0 Å². The normalized spacial score (nSPS) is 12.7. The molecule has 0 saturated heterocycles. The van der Waals surface area contributed by atoms with E-state index in [0.717, 1.165) is 12.1 Å². The quantitative estimate of drug-likeness (QED) is 0.376. The number of amidine groups is 1. The van der Waals surface area contributed by atoms with Crippen LogP contribution < -0.4 is 5.73 Å². The van der Waals surface area contributed by atoms with Crippen molar-refractivity contribution in [1.82, 2.24) is 14.8 Å². The Morgan fingerprint density at radius 1 is 1.40 bits per heavy atom. The highest BCUT2D eigenvalue weighted by molar-refractivity contribution is 9.10. The fourth-order valence-electron chi connectivity index (χ4n) is 1.41. The smallest absolute Gasteiger partial charge is 0.409 e. The molecule has 3 N–H and O–H groups in total. The Bertz CT molecular complexity index is 667. The molecule has 0 aliphatic carbocycles. The zero-order chi connectivity index (χ0) is 14.9. The van der Waals surface area contributed by atoms with Gasteiger partial charge in [-0.15, -0.1) is 5.10 Å². The molecule has 0 saturated carbocycles. The largest absolute Gasteiger partial charge is 0.416 e. The third-order valence-electron chi connectivity index (χ3n) is 2.35. The summed E-state index contributed by atoms with van der Waals surface area (Å²) in [5, 5.41) is 15.1. The van der Waals surface area contributed by atoms with E-state index in [4.69, 9.17) is 10.9 Å². The first-order valence-electron chi connectivity index (χ1n) is 5.09. The molecule has 1 heterocycles. The van der Waals surface area contributed by atoms with E-state index in [1.807, 2.05) is 0 Å². The predicted molar refractivity (Wildman–Crippen MR) is 66.6 cm³/mol. The van der Waals surface area contributed by atoms with E-state index in [9.17, 15) is 13.2 Å². The van der Waals surface area contributed by atoms with E-state index in [0.29, 0.717) is 5.69 Å². The molecule has 1 aromatic carbocycles. The van der Waals surface area contributed by atoms with Gasteiger partial charge in [0.25, 0.3) is 0 Å². The molecular weight excluding hydrogens is 343 g/mol.